The van der Waals surface area contributed by atoms with E-state index in [0.717, 1.165) is 19.5 Å². The van der Waals surface area contributed by atoms with Crippen molar-refractivity contribution in [2.45, 2.75) is 27.2 Å². The average Bonchev–Trinajstić information content (AvgIpc) is 1.89. The Hall–Kier alpha value is -0.120. The summed E-state index contributed by atoms with van der Waals surface area (Å²) in [6.07, 6.45) is 2.18. The third kappa shape index (κ3) is 10.8. The molecule has 0 aliphatic carbocycles. The summed E-state index contributed by atoms with van der Waals surface area (Å²) in [5.74, 6) is 4.82. The Labute approximate surface area is 63.9 Å². The molecule has 0 saturated carbocycles. The van der Waals surface area contributed by atoms with Gasteiger partial charge in [-0.3, -0.25) is 0 Å². The highest BCUT2D eigenvalue weighted by molar-refractivity contribution is 4.43. The summed E-state index contributed by atoms with van der Waals surface area (Å²) in [7, 11) is 0. The molecule has 0 aromatic carbocycles. The largest absolute Gasteiger partial charge is 0.317 e. The summed E-state index contributed by atoms with van der Waals surface area (Å²) in [6.45, 7) is 4.89. The SMILES string of the molecule is C.CCCNCCCON. The van der Waals surface area contributed by atoms with Crippen LogP contribution in [0.2, 0.25) is 0 Å². The predicted molar refractivity (Wildman–Crippen MR) is 44.6 cm³/mol. The molecule has 0 radical (unpaired) electrons. The fourth-order valence-corrected chi connectivity index (χ4v) is 0.582. The molecule has 0 amide bonds. The van der Waals surface area contributed by atoms with Crippen molar-refractivity contribution < 1.29 is 4.84 Å². The van der Waals surface area contributed by atoms with Gasteiger partial charge in [0.15, 0.2) is 0 Å². The monoisotopic (exact) mass is 148 g/mol. The molecular formula is C7H20N2O. The molecule has 0 spiro atoms. The Balaban J connectivity index is 0. The zero-order valence-corrected chi connectivity index (χ0v) is 6.02. The molecule has 0 saturated heterocycles. The van der Waals surface area contributed by atoms with Gasteiger partial charge in [0, 0.05) is 0 Å². The van der Waals surface area contributed by atoms with Crippen LogP contribution in [0.5, 0.6) is 0 Å². The topological polar surface area (TPSA) is 47.3 Å². The normalized spacial score (nSPS) is 9.00. The number of hydrogen-bond acceptors (Lipinski definition) is 3. The summed E-state index contributed by atoms with van der Waals surface area (Å²) in [4.78, 5) is 4.38. The number of hydrogen-bond donors (Lipinski definition) is 2. The second-order valence-corrected chi connectivity index (χ2v) is 1.97. The Morgan fingerprint density at radius 1 is 1.40 bits per heavy atom. The van der Waals surface area contributed by atoms with Crippen molar-refractivity contribution in [1.29, 1.82) is 0 Å². The lowest BCUT2D eigenvalue weighted by Crippen LogP contribution is -2.18. The van der Waals surface area contributed by atoms with Crippen LogP contribution in [-0.4, -0.2) is 19.7 Å². The van der Waals surface area contributed by atoms with Crippen molar-refractivity contribution in [3.8, 4) is 0 Å². The van der Waals surface area contributed by atoms with Crippen LogP contribution in [-0.2, 0) is 4.84 Å². The second kappa shape index (κ2) is 11.6. The Morgan fingerprint density at radius 2 is 2.10 bits per heavy atom. The predicted octanol–water partition coefficient (Wildman–Crippen LogP) is 0.903. The van der Waals surface area contributed by atoms with E-state index in [1.54, 1.807) is 0 Å². The first-order valence-electron chi connectivity index (χ1n) is 3.44. The van der Waals surface area contributed by atoms with Crippen LogP contribution in [0.3, 0.4) is 0 Å². The van der Waals surface area contributed by atoms with E-state index in [1.807, 2.05) is 0 Å². The molecule has 3 heteroatoms. The third-order valence-corrected chi connectivity index (χ3v) is 1.04. The van der Waals surface area contributed by atoms with Crippen molar-refractivity contribution in [3.63, 3.8) is 0 Å². The molecule has 0 atom stereocenters. The van der Waals surface area contributed by atoms with Crippen LogP contribution in [0.15, 0.2) is 0 Å². The van der Waals surface area contributed by atoms with Gasteiger partial charge in [-0.1, -0.05) is 14.4 Å². The summed E-state index contributed by atoms with van der Waals surface area (Å²) in [5, 5.41) is 3.23. The summed E-state index contributed by atoms with van der Waals surface area (Å²) in [5.41, 5.74) is 0. The molecule has 0 aromatic rings. The molecular weight excluding hydrogens is 128 g/mol. The molecule has 0 aliphatic heterocycles. The van der Waals surface area contributed by atoms with Gasteiger partial charge in [0.1, 0.15) is 0 Å². The van der Waals surface area contributed by atoms with E-state index in [0.29, 0.717) is 6.61 Å². The van der Waals surface area contributed by atoms with Gasteiger partial charge in [-0.15, -0.1) is 0 Å². The van der Waals surface area contributed by atoms with Crippen LogP contribution in [0.1, 0.15) is 27.2 Å². The maximum absolute atomic E-state index is 4.82. The highest BCUT2D eigenvalue weighted by Crippen LogP contribution is 1.75. The first kappa shape index (κ1) is 12.5. The van der Waals surface area contributed by atoms with Crippen molar-refractivity contribution in [1.82, 2.24) is 5.32 Å². The summed E-state index contributed by atoms with van der Waals surface area (Å²) >= 11 is 0. The smallest absolute Gasteiger partial charge is 0.0691 e. The minimum Gasteiger partial charge on any atom is -0.317 e. The van der Waals surface area contributed by atoms with E-state index in [9.17, 15) is 0 Å². The molecule has 10 heavy (non-hydrogen) atoms. The van der Waals surface area contributed by atoms with Crippen LogP contribution in [0.4, 0.5) is 0 Å². The van der Waals surface area contributed by atoms with Gasteiger partial charge in [0.05, 0.1) is 6.61 Å². The Kier molecular flexibility index (Phi) is 14.6. The third-order valence-electron chi connectivity index (χ3n) is 1.04. The quantitative estimate of drug-likeness (QED) is 0.434. The number of nitrogens with two attached hydrogens (primary N) is 1. The number of rotatable bonds is 6. The molecule has 0 unspecified atom stereocenters. The lowest BCUT2D eigenvalue weighted by Gasteiger charge is -1.99. The first-order valence-corrected chi connectivity index (χ1v) is 3.44. The minimum absolute atomic E-state index is 0. The fourth-order valence-electron chi connectivity index (χ4n) is 0.582. The standard InChI is InChI=1S/C6H16N2O.CH4/c1-2-4-8-5-3-6-9-7;/h8H,2-7H2,1H3;1H4. The van der Waals surface area contributed by atoms with Gasteiger partial charge in [-0.25, -0.2) is 5.90 Å². The Morgan fingerprint density at radius 3 is 2.60 bits per heavy atom. The van der Waals surface area contributed by atoms with E-state index >= 15 is 0 Å². The zero-order valence-electron chi connectivity index (χ0n) is 6.02. The molecule has 0 fully saturated rings. The maximum atomic E-state index is 4.82. The zero-order chi connectivity index (χ0) is 6.95. The van der Waals surface area contributed by atoms with Crippen molar-refractivity contribution in [2.24, 2.45) is 5.90 Å². The van der Waals surface area contributed by atoms with Crippen LogP contribution < -0.4 is 11.2 Å². The minimum atomic E-state index is 0. The van der Waals surface area contributed by atoms with Crippen molar-refractivity contribution >= 4 is 0 Å². The van der Waals surface area contributed by atoms with Gasteiger partial charge in [0.2, 0.25) is 0 Å². The highest BCUT2D eigenvalue weighted by atomic mass is 16.6. The van der Waals surface area contributed by atoms with E-state index in [1.165, 1.54) is 6.42 Å². The van der Waals surface area contributed by atoms with Crippen LogP contribution in [0, 0.1) is 0 Å². The van der Waals surface area contributed by atoms with Gasteiger partial charge in [-0.05, 0) is 25.9 Å². The lowest BCUT2D eigenvalue weighted by molar-refractivity contribution is 0.135. The van der Waals surface area contributed by atoms with Crippen molar-refractivity contribution in [2.75, 3.05) is 19.7 Å². The second-order valence-electron chi connectivity index (χ2n) is 1.97. The molecule has 64 valence electrons. The van der Waals surface area contributed by atoms with Crippen molar-refractivity contribution in [3.05, 3.63) is 0 Å². The van der Waals surface area contributed by atoms with Gasteiger partial charge < -0.3 is 10.2 Å². The summed E-state index contributed by atoms with van der Waals surface area (Å²) < 4.78 is 0. The van der Waals surface area contributed by atoms with Crippen LogP contribution >= 0.6 is 0 Å². The fraction of sp³-hybridized carbons (Fsp3) is 1.00. The highest BCUT2D eigenvalue weighted by Gasteiger charge is 1.84. The van der Waals surface area contributed by atoms with Gasteiger partial charge in [0.25, 0.3) is 0 Å². The average molecular weight is 148 g/mol. The summed E-state index contributed by atoms with van der Waals surface area (Å²) in [6, 6.07) is 0. The van der Waals surface area contributed by atoms with E-state index in [-0.39, 0.29) is 7.43 Å². The Bertz CT molecular complexity index is 44.9. The first-order chi connectivity index (χ1) is 4.41. The number of nitrogens with one attached hydrogen (secondary N) is 1. The lowest BCUT2D eigenvalue weighted by atomic mass is 10.4. The van der Waals surface area contributed by atoms with E-state index in [4.69, 9.17) is 5.90 Å². The van der Waals surface area contributed by atoms with Gasteiger partial charge in [-0.2, -0.15) is 0 Å². The van der Waals surface area contributed by atoms with E-state index < -0.39 is 0 Å². The molecule has 0 heterocycles. The molecule has 0 aromatic heterocycles. The molecule has 0 rings (SSSR count). The molecule has 3 nitrogen and oxygen atoms in total. The van der Waals surface area contributed by atoms with Gasteiger partial charge >= 0.3 is 0 Å². The maximum Gasteiger partial charge on any atom is 0.0691 e. The molecule has 0 bridgehead atoms. The molecule has 3 N–H and O–H groups in total. The van der Waals surface area contributed by atoms with E-state index in [2.05, 4.69) is 17.1 Å². The molecule has 0 aliphatic rings. The van der Waals surface area contributed by atoms with Crippen LogP contribution in [0.25, 0.3) is 0 Å².